The fourth-order valence-corrected chi connectivity index (χ4v) is 2.76. The number of carbonyl (C=O) groups excluding carboxylic acids is 2. The molecule has 0 bridgehead atoms. The van der Waals surface area contributed by atoms with Crippen LogP contribution >= 0.6 is 11.8 Å². The molecule has 0 aliphatic heterocycles. The average Bonchev–Trinajstić information content (AvgIpc) is 3.21. The summed E-state index contributed by atoms with van der Waals surface area (Å²) in [5.74, 6) is -1.02. The van der Waals surface area contributed by atoms with Crippen molar-refractivity contribution < 1.29 is 14.0 Å². The average molecular weight is 327 g/mol. The normalized spacial score (nSPS) is 10.7. The Balaban J connectivity index is 1.64. The zero-order valence-corrected chi connectivity index (χ0v) is 13.1. The minimum absolute atomic E-state index is 0.109. The maximum Gasteiger partial charge on any atom is 0.268 e. The molecule has 0 radical (unpaired) electrons. The van der Waals surface area contributed by atoms with Gasteiger partial charge in [-0.1, -0.05) is 29.5 Å². The van der Waals surface area contributed by atoms with Crippen LogP contribution in [-0.4, -0.2) is 26.7 Å². The first-order valence-electron chi connectivity index (χ1n) is 6.87. The van der Waals surface area contributed by atoms with Crippen molar-refractivity contribution in [2.45, 2.75) is 23.1 Å². The van der Waals surface area contributed by atoms with Crippen molar-refractivity contribution in [2.24, 2.45) is 0 Å². The molecular weight excluding hydrogens is 314 g/mol. The van der Waals surface area contributed by atoms with Gasteiger partial charge >= 0.3 is 0 Å². The summed E-state index contributed by atoms with van der Waals surface area (Å²) in [5.41, 5.74) is 1.19. The maximum absolute atomic E-state index is 11.9. The lowest BCUT2D eigenvalue weighted by Crippen LogP contribution is -2.17. The van der Waals surface area contributed by atoms with Gasteiger partial charge in [-0.25, -0.2) is 4.98 Å². The second-order valence-corrected chi connectivity index (χ2v) is 6.06. The lowest BCUT2D eigenvalue weighted by Gasteiger charge is -1.98. The number of hydrogen-bond donors (Lipinski definition) is 1. The van der Waals surface area contributed by atoms with Crippen LogP contribution in [0.15, 0.2) is 57.1 Å². The van der Waals surface area contributed by atoms with E-state index in [0.29, 0.717) is 5.76 Å². The van der Waals surface area contributed by atoms with Gasteiger partial charge < -0.3 is 4.42 Å². The molecule has 3 rings (SSSR count). The van der Waals surface area contributed by atoms with Crippen LogP contribution in [0, 0.1) is 6.92 Å². The number of Topliss-reactive ketones (excluding diaryl/α,β-unsaturated/α-hetero) is 2. The molecule has 0 saturated heterocycles. The number of aromatic amines is 1. The standard InChI is InChI=1S/C16H13N3O3S/c1-10-2-4-12(5-3-10)23-13-6-11(22-8-13)7-14(20)15(21)16-17-9-18-19-16/h2-6,8-9H,7H2,1H3,(H,17,18,19). The predicted molar refractivity (Wildman–Crippen MR) is 83.4 cm³/mol. The van der Waals surface area contributed by atoms with Crippen LogP contribution in [0.1, 0.15) is 21.9 Å². The third-order valence-electron chi connectivity index (χ3n) is 3.09. The number of nitrogens with one attached hydrogen (secondary N) is 1. The molecule has 3 aromatic rings. The quantitative estimate of drug-likeness (QED) is 0.553. The molecular formula is C16H13N3O3S. The van der Waals surface area contributed by atoms with Gasteiger partial charge in [-0.2, -0.15) is 0 Å². The lowest BCUT2D eigenvalue weighted by atomic mass is 10.1. The van der Waals surface area contributed by atoms with E-state index in [2.05, 4.69) is 15.2 Å². The Kier molecular flexibility index (Phi) is 4.38. The van der Waals surface area contributed by atoms with Crippen LogP contribution in [0.2, 0.25) is 0 Å². The third-order valence-corrected chi connectivity index (χ3v) is 4.05. The highest BCUT2D eigenvalue weighted by molar-refractivity contribution is 7.99. The molecule has 0 aliphatic rings. The fraction of sp³-hybridized carbons (Fsp3) is 0.125. The summed E-state index contributed by atoms with van der Waals surface area (Å²) in [7, 11) is 0. The summed E-state index contributed by atoms with van der Waals surface area (Å²) < 4.78 is 5.36. The fourth-order valence-electron chi connectivity index (χ4n) is 1.93. The Morgan fingerprint density at radius 2 is 2.00 bits per heavy atom. The van der Waals surface area contributed by atoms with Crippen LogP contribution in [0.4, 0.5) is 0 Å². The Labute approximate surface area is 136 Å². The second-order valence-electron chi connectivity index (χ2n) is 4.92. The summed E-state index contributed by atoms with van der Waals surface area (Å²) in [6.07, 6.45) is 2.72. The topological polar surface area (TPSA) is 88.9 Å². The van der Waals surface area contributed by atoms with Crippen LogP contribution < -0.4 is 0 Å². The molecule has 2 aromatic heterocycles. The van der Waals surface area contributed by atoms with Crippen LogP contribution in [0.25, 0.3) is 0 Å². The van der Waals surface area contributed by atoms with Crippen molar-refractivity contribution in [3.8, 4) is 0 Å². The van der Waals surface area contributed by atoms with E-state index in [4.69, 9.17) is 4.42 Å². The number of ketones is 2. The van der Waals surface area contributed by atoms with E-state index in [-0.39, 0.29) is 12.2 Å². The van der Waals surface area contributed by atoms with Gasteiger partial charge in [-0.3, -0.25) is 14.7 Å². The first-order valence-corrected chi connectivity index (χ1v) is 7.69. The van der Waals surface area contributed by atoms with Crippen molar-refractivity contribution >= 4 is 23.3 Å². The smallest absolute Gasteiger partial charge is 0.268 e. The summed E-state index contributed by atoms with van der Waals surface area (Å²) >= 11 is 1.53. The number of nitrogens with zero attached hydrogens (tertiary/aromatic N) is 2. The predicted octanol–water partition coefficient (Wildman–Crippen LogP) is 2.85. The molecule has 0 spiro atoms. The van der Waals surface area contributed by atoms with Gasteiger partial charge in [0.25, 0.3) is 5.78 Å². The van der Waals surface area contributed by atoms with Gasteiger partial charge in [0.05, 0.1) is 11.3 Å². The Hall–Kier alpha value is -2.67. The summed E-state index contributed by atoms with van der Waals surface area (Å²) in [6.45, 7) is 2.03. The molecule has 0 fully saturated rings. The van der Waals surface area contributed by atoms with E-state index in [1.165, 1.54) is 23.7 Å². The van der Waals surface area contributed by atoms with Crippen molar-refractivity contribution in [3.05, 3.63) is 60.1 Å². The zero-order valence-electron chi connectivity index (χ0n) is 12.3. The molecule has 7 heteroatoms. The number of benzene rings is 1. The Morgan fingerprint density at radius 3 is 2.70 bits per heavy atom. The Morgan fingerprint density at radius 1 is 1.22 bits per heavy atom. The number of H-pyrrole nitrogens is 1. The van der Waals surface area contributed by atoms with Gasteiger partial charge in [0.15, 0.2) is 0 Å². The van der Waals surface area contributed by atoms with Gasteiger partial charge in [-0.05, 0) is 25.1 Å². The van der Waals surface area contributed by atoms with E-state index < -0.39 is 11.6 Å². The number of furan rings is 1. The summed E-state index contributed by atoms with van der Waals surface area (Å²) in [6, 6.07) is 9.85. The summed E-state index contributed by atoms with van der Waals surface area (Å²) in [5, 5.41) is 6.01. The number of aryl methyl sites for hydroxylation is 1. The highest BCUT2D eigenvalue weighted by atomic mass is 32.2. The van der Waals surface area contributed by atoms with E-state index in [0.717, 1.165) is 9.79 Å². The first-order chi connectivity index (χ1) is 11.1. The minimum atomic E-state index is -0.726. The first kappa shape index (κ1) is 15.2. The number of aromatic nitrogens is 3. The lowest BCUT2D eigenvalue weighted by molar-refractivity contribution is -0.114. The van der Waals surface area contributed by atoms with Gasteiger partial charge in [-0.15, -0.1) is 5.10 Å². The molecule has 23 heavy (non-hydrogen) atoms. The van der Waals surface area contributed by atoms with E-state index in [9.17, 15) is 9.59 Å². The van der Waals surface area contributed by atoms with Crippen molar-refractivity contribution in [2.75, 3.05) is 0 Å². The SMILES string of the molecule is Cc1ccc(Sc2coc(CC(=O)C(=O)c3nc[nH]n3)c2)cc1. The third kappa shape index (κ3) is 3.75. The molecule has 0 aliphatic carbocycles. The Bertz CT molecular complexity index is 823. The number of rotatable bonds is 6. The van der Waals surface area contributed by atoms with E-state index in [1.54, 1.807) is 12.3 Å². The monoisotopic (exact) mass is 327 g/mol. The van der Waals surface area contributed by atoms with Crippen molar-refractivity contribution in [3.63, 3.8) is 0 Å². The van der Waals surface area contributed by atoms with E-state index >= 15 is 0 Å². The molecule has 116 valence electrons. The molecule has 0 atom stereocenters. The highest BCUT2D eigenvalue weighted by Gasteiger charge is 2.21. The van der Waals surface area contributed by atoms with Crippen LogP contribution in [0.3, 0.4) is 0 Å². The van der Waals surface area contributed by atoms with Gasteiger partial charge in [0.1, 0.15) is 18.4 Å². The van der Waals surface area contributed by atoms with Crippen LogP contribution in [-0.2, 0) is 11.2 Å². The maximum atomic E-state index is 11.9. The molecule has 0 saturated carbocycles. The molecule has 2 heterocycles. The molecule has 1 aromatic carbocycles. The molecule has 0 unspecified atom stereocenters. The zero-order chi connectivity index (χ0) is 16.2. The second kappa shape index (κ2) is 6.62. The summed E-state index contributed by atoms with van der Waals surface area (Å²) in [4.78, 5) is 29.3. The molecule has 6 nitrogen and oxygen atoms in total. The molecule has 0 amide bonds. The largest absolute Gasteiger partial charge is 0.468 e. The highest BCUT2D eigenvalue weighted by Crippen LogP contribution is 2.29. The van der Waals surface area contributed by atoms with Crippen molar-refractivity contribution in [1.29, 1.82) is 0 Å². The minimum Gasteiger partial charge on any atom is -0.468 e. The van der Waals surface area contributed by atoms with E-state index in [1.807, 2.05) is 31.2 Å². The van der Waals surface area contributed by atoms with Crippen LogP contribution in [0.5, 0.6) is 0 Å². The molecule has 1 N–H and O–H groups in total. The number of hydrogen-bond acceptors (Lipinski definition) is 6. The van der Waals surface area contributed by atoms with Gasteiger partial charge in [0, 0.05) is 4.90 Å². The van der Waals surface area contributed by atoms with Crippen molar-refractivity contribution in [1.82, 2.24) is 15.2 Å². The number of carbonyl (C=O) groups is 2. The van der Waals surface area contributed by atoms with Gasteiger partial charge in [0.2, 0.25) is 11.6 Å².